The van der Waals surface area contributed by atoms with E-state index in [1.165, 1.54) is 11.1 Å². The molecule has 2 heterocycles. The Hall–Kier alpha value is -2.36. The first-order valence-electron chi connectivity index (χ1n) is 6.79. The molecule has 0 saturated carbocycles. The highest BCUT2D eigenvalue weighted by Gasteiger charge is 2.12. The SMILES string of the molecule is Cc1ccn2c(CC(C)c3ccc(N)cc3)nnc2c1. The molecule has 0 saturated heterocycles. The van der Waals surface area contributed by atoms with Gasteiger partial charge < -0.3 is 5.73 Å². The number of aryl methyl sites for hydroxylation is 1. The van der Waals surface area contributed by atoms with Gasteiger partial charge in [-0.2, -0.15) is 0 Å². The maximum Gasteiger partial charge on any atom is 0.161 e. The fourth-order valence-corrected chi connectivity index (χ4v) is 2.40. The van der Waals surface area contributed by atoms with Crippen molar-refractivity contribution in [1.82, 2.24) is 14.6 Å². The summed E-state index contributed by atoms with van der Waals surface area (Å²) in [5.74, 6) is 1.37. The standard InChI is InChI=1S/C16H18N4/c1-11-7-8-20-15(9-11)18-19-16(20)10-12(2)13-3-5-14(17)6-4-13/h3-9,12H,10,17H2,1-2H3. The third-order valence-electron chi connectivity index (χ3n) is 3.63. The van der Waals surface area contributed by atoms with Crippen LogP contribution in [0.1, 0.15) is 29.8 Å². The van der Waals surface area contributed by atoms with Crippen LogP contribution in [0.15, 0.2) is 42.6 Å². The van der Waals surface area contributed by atoms with Gasteiger partial charge in [0, 0.05) is 18.3 Å². The lowest BCUT2D eigenvalue weighted by atomic mass is 9.97. The molecular formula is C16H18N4. The molecule has 102 valence electrons. The summed E-state index contributed by atoms with van der Waals surface area (Å²) in [6, 6.07) is 12.2. The average Bonchev–Trinajstić information content (AvgIpc) is 2.81. The van der Waals surface area contributed by atoms with E-state index in [4.69, 9.17) is 5.73 Å². The van der Waals surface area contributed by atoms with E-state index in [0.717, 1.165) is 23.6 Å². The van der Waals surface area contributed by atoms with Crippen LogP contribution < -0.4 is 5.73 Å². The number of fused-ring (bicyclic) bond motifs is 1. The van der Waals surface area contributed by atoms with E-state index in [1.807, 2.05) is 24.4 Å². The maximum absolute atomic E-state index is 5.72. The highest BCUT2D eigenvalue weighted by atomic mass is 15.2. The summed E-state index contributed by atoms with van der Waals surface area (Å²) in [5.41, 5.74) is 9.89. The molecule has 0 aliphatic heterocycles. The Morgan fingerprint density at radius 2 is 1.90 bits per heavy atom. The van der Waals surface area contributed by atoms with E-state index in [0.29, 0.717) is 5.92 Å². The number of rotatable bonds is 3. The number of benzene rings is 1. The van der Waals surface area contributed by atoms with Gasteiger partial charge in [0.25, 0.3) is 0 Å². The third-order valence-corrected chi connectivity index (χ3v) is 3.63. The van der Waals surface area contributed by atoms with Gasteiger partial charge in [-0.1, -0.05) is 19.1 Å². The topological polar surface area (TPSA) is 56.2 Å². The predicted molar refractivity (Wildman–Crippen MR) is 80.7 cm³/mol. The highest BCUT2D eigenvalue weighted by molar-refractivity contribution is 5.42. The molecular weight excluding hydrogens is 248 g/mol. The summed E-state index contributed by atoms with van der Waals surface area (Å²) in [6.45, 7) is 4.26. The van der Waals surface area contributed by atoms with E-state index < -0.39 is 0 Å². The Kier molecular flexibility index (Phi) is 3.14. The molecule has 1 atom stereocenters. The van der Waals surface area contributed by atoms with Crippen LogP contribution in [0.4, 0.5) is 5.69 Å². The van der Waals surface area contributed by atoms with Crippen molar-refractivity contribution in [2.75, 3.05) is 5.73 Å². The van der Waals surface area contributed by atoms with Crippen molar-refractivity contribution in [3.63, 3.8) is 0 Å². The number of nitrogen functional groups attached to an aromatic ring is 1. The molecule has 3 aromatic rings. The quantitative estimate of drug-likeness (QED) is 0.741. The fourth-order valence-electron chi connectivity index (χ4n) is 2.40. The van der Waals surface area contributed by atoms with Gasteiger partial charge in [-0.3, -0.25) is 4.40 Å². The van der Waals surface area contributed by atoms with Crippen molar-refractivity contribution in [3.05, 3.63) is 59.5 Å². The number of nitrogens with zero attached hydrogens (tertiary/aromatic N) is 3. The second-order valence-electron chi connectivity index (χ2n) is 5.32. The summed E-state index contributed by atoms with van der Waals surface area (Å²) in [7, 11) is 0. The third kappa shape index (κ3) is 2.37. The molecule has 3 rings (SSSR count). The Balaban J connectivity index is 1.87. The van der Waals surface area contributed by atoms with Crippen molar-refractivity contribution >= 4 is 11.3 Å². The van der Waals surface area contributed by atoms with E-state index in [1.54, 1.807) is 0 Å². The molecule has 0 aliphatic carbocycles. The van der Waals surface area contributed by atoms with Gasteiger partial charge in [0.1, 0.15) is 5.82 Å². The van der Waals surface area contributed by atoms with E-state index >= 15 is 0 Å². The number of aromatic nitrogens is 3. The summed E-state index contributed by atoms with van der Waals surface area (Å²) in [5, 5.41) is 8.54. The number of pyridine rings is 1. The molecule has 0 fully saturated rings. The molecule has 0 spiro atoms. The predicted octanol–water partition coefficient (Wildman–Crippen LogP) is 2.97. The minimum Gasteiger partial charge on any atom is -0.399 e. The zero-order valence-corrected chi connectivity index (χ0v) is 11.7. The lowest BCUT2D eigenvalue weighted by Gasteiger charge is -2.11. The second kappa shape index (κ2) is 4.96. The van der Waals surface area contributed by atoms with E-state index in [9.17, 15) is 0 Å². The Labute approximate surface area is 118 Å². The molecule has 20 heavy (non-hydrogen) atoms. The number of anilines is 1. The first-order valence-corrected chi connectivity index (χ1v) is 6.79. The Bertz CT molecular complexity index is 728. The maximum atomic E-state index is 5.72. The minimum absolute atomic E-state index is 0.379. The fraction of sp³-hybridized carbons (Fsp3) is 0.250. The van der Waals surface area contributed by atoms with Crippen molar-refractivity contribution in [2.45, 2.75) is 26.2 Å². The second-order valence-corrected chi connectivity index (χ2v) is 5.32. The van der Waals surface area contributed by atoms with Crippen LogP contribution in [-0.4, -0.2) is 14.6 Å². The minimum atomic E-state index is 0.379. The monoisotopic (exact) mass is 266 g/mol. The lowest BCUT2D eigenvalue weighted by Crippen LogP contribution is -2.03. The summed E-state index contributed by atoms with van der Waals surface area (Å²) in [4.78, 5) is 0. The first-order chi connectivity index (χ1) is 9.63. The normalized spacial score (nSPS) is 12.7. The van der Waals surface area contributed by atoms with Gasteiger partial charge in [-0.05, 0) is 48.2 Å². The zero-order chi connectivity index (χ0) is 14.1. The van der Waals surface area contributed by atoms with Gasteiger partial charge >= 0.3 is 0 Å². The van der Waals surface area contributed by atoms with Crippen LogP contribution in [0.3, 0.4) is 0 Å². The van der Waals surface area contributed by atoms with Crippen molar-refractivity contribution in [3.8, 4) is 0 Å². The number of hydrogen-bond acceptors (Lipinski definition) is 3. The van der Waals surface area contributed by atoms with Crippen LogP contribution in [0, 0.1) is 6.92 Å². The van der Waals surface area contributed by atoms with E-state index in [2.05, 4.69) is 46.6 Å². The molecule has 0 radical (unpaired) electrons. The highest BCUT2D eigenvalue weighted by Crippen LogP contribution is 2.21. The number of nitrogens with two attached hydrogens (primary N) is 1. The largest absolute Gasteiger partial charge is 0.399 e. The van der Waals surface area contributed by atoms with Crippen LogP contribution >= 0.6 is 0 Å². The van der Waals surface area contributed by atoms with Gasteiger partial charge in [-0.25, -0.2) is 0 Å². The van der Waals surface area contributed by atoms with Gasteiger partial charge in [0.15, 0.2) is 5.65 Å². The smallest absolute Gasteiger partial charge is 0.161 e. The van der Waals surface area contributed by atoms with Gasteiger partial charge in [0.2, 0.25) is 0 Å². The molecule has 0 aliphatic rings. The summed E-state index contributed by atoms with van der Waals surface area (Å²) < 4.78 is 2.06. The van der Waals surface area contributed by atoms with Crippen molar-refractivity contribution < 1.29 is 0 Å². The number of hydrogen-bond donors (Lipinski definition) is 1. The van der Waals surface area contributed by atoms with Crippen LogP contribution in [0.25, 0.3) is 5.65 Å². The molecule has 4 nitrogen and oxygen atoms in total. The molecule has 2 N–H and O–H groups in total. The molecule has 1 aromatic carbocycles. The van der Waals surface area contributed by atoms with Crippen LogP contribution in [0.5, 0.6) is 0 Å². The zero-order valence-electron chi connectivity index (χ0n) is 11.7. The molecule has 0 bridgehead atoms. The molecule has 4 heteroatoms. The van der Waals surface area contributed by atoms with Gasteiger partial charge in [-0.15, -0.1) is 10.2 Å². The summed E-state index contributed by atoms with van der Waals surface area (Å²) in [6.07, 6.45) is 2.89. The van der Waals surface area contributed by atoms with Crippen molar-refractivity contribution in [1.29, 1.82) is 0 Å². The van der Waals surface area contributed by atoms with Crippen LogP contribution in [0.2, 0.25) is 0 Å². The van der Waals surface area contributed by atoms with Crippen molar-refractivity contribution in [2.24, 2.45) is 0 Å². The molecule has 1 unspecified atom stereocenters. The Morgan fingerprint density at radius 1 is 1.15 bits per heavy atom. The first kappa shape index (κ1) is 12.7. The van der Waals surface area contributed by atoms with Crippen LogP contribution in [-0.2, 0) is 6.42 Å². The molecule has 2 aromatic heterocycles. The average molecular weight is 266 g/mol. The Morgan fingerprint density at radius 3 is 2.65 bits per heavy atom. The molecule has 0 amide bonds. The van der Waals surface area contributed by atoms with Gasteiger partial charge in [0.05, 0.1) is 0 Å². The summed E-state index contributed by atoms with van der Waals surface area (Å²) >= 11 is 0. The lowest BCUT2D eigenvalue weighted by molar-refractivity contribution is 0.709. The van der Waals surface area contributed by atoms with E-state index in [-0.39, 0.29) is 0 Å².